The summed E-state index contributed by atoms with van der Waals surface area (Å²) in [7, 11) is 0. The fourth-order valence-electron chi connectivity index (χ4n) is 2.77. The van der Waals surface area contributed by atoms with Crippen molar-refractivity contribution in [1.82, 2.24) is 10.2 Å². The standard InChI is InChI=1S/C14H28N2/c1-12-6-5-11-16(13(12)2)10-4-3-9-15-14-7-8-14/h12-15H,3-11H2,1-2H3. The molecule has 2 atom stereocenters. The maximum Gasteiger partial charge on any atom is 0.00925 e. The largest absolute Gasteiger partial charge is 0.314 e. The van der Waals surface area contributed by atoms with Gasteiger partial charge < -0.3 is 10.2 Å². The van der Waals surface area contributed by atoms with E-state index in [0.717, 1.165) is 18.0 Å². The van der Waals surface area contributed by atoms with Crippen molar-refractivity contribution >= 4 is 0 Å². The van der Waals surface area contributed by atoms with Crippen molar-refractivity contribution in [2.24, 2.45) is 5.92 Å². The first-order valence-electron chi connectivity index (χ1n) is 7.25. The van der Waals surface area contributed by atoms with E-state index in [-0.39, 0.29) is 0 Å². The first-order chi connectivity index (χ1) is 7.77. The molecule has 2 unspecified atom stereocenters. The van der Waals surface area contributed by atoms with Gasteiger partial charge in [-0.15, -0.1) is 0 Å². The molecule has 2 nitrogen and oxygen atoms in total. The molecule has 0 aromatic carbocycles. The molecule has 1 N–H and O–H groups in total. The van der Waals surface area contributed by atoms with E-state index in [0.29, 0.717) is 0 Å². The maximum atomic E-state index is 3.60. The second-order valence-corrected chi connectivity index (χ2v) is 5.83. The van der Waals surface area contributed by atoms with Gasteiger partial charge in [-0.3, -0.25) is 0 Å². The lowest BCUT2D eigenvalue weighted by Gasteiger charge is -2.37. The van der Waals surface area contributed by atoms with Crippen molar-refractivity contribution < 1.29 is 0 Å². The number of rotatable bonds is 6. The summed E-state index contributed by atoms with van der Waals surface area (Å²) >= 11 is 0. The molecule has 0 aromatic heterocycles. The van der Waals surface area contributed by atoms with E-state index in [1.54, 1.807) is 0 Å². The zero-order valence-electron chi connectivity index (χ0n) is 11.0. The molecule has 1 heterocycles. The van der Waals surface area contributed by atoms with Crippen LogP contribution in [0.5, 0.6) is 0 Å². The van der Waals surface area contributed by atoms with E-state index < -0.39 is 0 Å². The van der Waals surface area contributed by atoms with Crippen LogP contribution in [0.25, 0.3) is 0 Å². The van der Waals surface area contributed by atoms with E-state index in [9.17, 15) is 0 Å². The van der Waals surface area contributed by atoms with E-state index >= 15 is 0 Å². The highest BCUT2D eigenvalue weighted by molar-refractivity contribution is 4.81. The van der Waals surface area contributed by atoms with Crippen LogP contribution in [0.15, 0.2) is 0 Å². The fraction of sp³-hybridized carbons (Fsp3) is 1.00. The SMILES string of the molecule is CC1CCCN(CCCCNC2CC2)C1C. The Labute approximate surface area is 101 Å². The van der Waals surface area contributed by atoms with Gasteiger partial charge in [-0.25, -0.2) is 0 Å². The second-order valence-electron chi connectivity index (χ2n) is 5.83. The predicted molar refractivity (Wildman–Crippen MR) is 69.7 cm³/mol. The number of piperidine rings is 1. The van der Waals surface area contributed by atoms with Gasteiger partial charge in [0.15, 0.2) is 0 Å². The quantitative estimate of drug-likeness (QED) is 0.698. The number of unbranched alkanes of at least 4 members (excludes halogenated alkanes) is 1. The molecule has 1 aliphatic heterocycles. The summed E-state index contributed by atoms with van der Waals surface area (Å²) < 4.78 is 0. The van der Waals surface area contributed by atoms with E-state index in [1.807, 2.05) is 0 Å². The number of nitrogens with zero attached hydrogens (tertiary/aromatic N) is 1. The molecule has 1 saturated heterocycles. The summed E-state index contributed by atoms with van der Waals surface area (Å²) in [6.07, 6.45) is 8.40. The first-order valence-corrected chi connectivity index (χ1v) is 7.25. The minimum absolute atomic E-state index is 0.810. The summed E-state index contributed by atoms with van der Waals surface area (Å²) in [6.45, 7) is 8.71. The van der Waals surface area contributed by atoms with Gasteiger partial charge in [0.1, 0.15) is 0 Å². The van der Waals surface area contributed by atoms with Gasteiger partial charge >= 0.3 is 0 Å². The van der Waals surface area contributed by atoms with Gasteiger partial charge in [0.05, 0.1) is 0 Å². The normalized spacial score (nSPS) is 31.9. The molecule has 0 radical (unpaired) electrons. The summed E-state index contributed by atoms with van der Waals surface area (Å²) in [4.78, 5) is 2.70. The van der Waals surface area contributed by atoms with E-state index in [1.165, 1.54) is 58.2 Å². The molecule has 0 spiro atoms. The minimum Gasteiger partial charge on any atom is -0.314 e. The van der Waals surface area contributed by atoms with Crippen LogP contribution in [0.1, 0.15) is 52.4 Å². The third kappa shape index (κ3) is 3.74. The Morgan fingerprint density at radius 1 is 1.12 bits per heavy atom. The smallest absolute Gasteiger partial charge is 0.00925 e. The molecule has 16 heavy (non-hydrogen) atoms. The molecule has 0 aromatic rings. The van der Waals surface area contributed by atoms with E-state index in [2.05, 4.69) is 24.1 Å². The van der Waals surface area contributed by atoms with Crippen LogP contribution in [0.4, 0.5) is 0 Å². The topological polar surface area (TPSA) is 15.3 Å². The third-order valence-corrected chi connectivity index (χ3v) is 4.39. The Morgan fingerprint density at radius 3 is 2.69 bits per heavy atom. The summed E-state index contributed by atoms with van der Waals surface area (Å²) in [6, 6.07) is 1.69. The van der Waals surface area contributed by atoms with Crippen LogP contribution in [0, 0.1) is 5.92 Å². The molecule has 0 amide bonds. The number of hydrogen-bond acceptors (Lipinski definition) is 2. The van der Waals surface area contributed by atoms with Crippen molar-refractivity contribution in [2.45, 2.75) is 64.5 Å². The van der Waals surface area contributed by atoms with Crippen molar-refractivity contribution in [1.29, 1.82) is 0 Å². The molecule has 0 bridgehead atoms. The number of likely N-dealkylation sites (tertiary alicyclic amines) is 1. The van der Waals surface area contributed by atoms with Gasteiger partial charge in [-0.2, -0.15) is 0 Å². The Hall–Kier alpha value is -0.0800. The van der Waals surface area contributed by atoms with Gasteiger partial charge in [0.2, 0.25) is 0 Å². The molecule has 2 heteroatoms. The van der Waals surface area contributed by atoms with Crippen LogP contribution in [0.3, 0.4) is 0 Å². The van der Waals surface area contributed by atoms with Gasteiger partial charge in [-0.05, 0) is 71.0 Å². The second kappa shape index (κ2) is 6.02. The first kappa shape index (κ1) is 12.4. The van der Waals surface area contributed by atoms with Crippen molar-refractivity contribution in [3.8, 4) is 0 Å². The lowest BCUT2D eigenvalue weighted by molar-refractivity contribution is 0.112. The van der Waals surface area contributed by atoms with Crippen LogP contribution >= 0.6 is 0 Å². The average molecular weight is 224 g/mol. The fourth-order valence-corrected chi connectivity index (χ4v) is 2.77. The van der Waals surface area contributed by atoms with Gasteiger partial charge in [0, 0.05) is 12.1 Å². The number of hydrogen-bond donors (Lipinski definition) is 1. The monoisotopic (exact) mass is 224 g/mol. The van der Waals surface area contributed by atoms with Crippen LogP contribution in [-0.4, -0.2) is 36.6 Å². The highest BCUT2D eigenvalue weighted by atomic mass is 15.2. The predicted octanol–water partition coefficient (Wildman–Crippen LogP) is 2.64. The average Bonchev–Trinajstić information content (AvgIpc) is 3.07. The Bertz CT molecular complexity index is 201. The summed E-state index contributed by atoms with van der Waals surface area (Å²) in [5, 5.41) is 3.60. The van der Waals surface area contributed by atoms with Crippen LogP contribution in [0.2, 0.25) is 0 Å². The maximum absolute atomic E-state index is 3.60. The molecule has 2 fully saturated rings. The molecule has 2 aliphatic rings. The molecule has 2 rings (SSSR count). The van der Waals surface area contributed by atoms with Crippen LogP contribution < -0.4 is 5.32 Å². The molecule has 1 aliphatic carbocycles. The lowest BCUT2D eigenvalue weighted by Crippen LogP contribution is -2.42. The summed E-state index contributed by atoms with van der Waals surface area (Å²) in [5.41, 5.74) is 0. The highest BCUT2D eigenvalue weighted by Crippen LogP contribution is 2.23. The minimum atomic E-state index is 0.810. The molecule has 94 valence electrons. The van der Waals surface area contributed by atoms with Crippen molar-refractivity contribution in [3.63, 3.8) is 0 Å². The molecular weight excluding hydrogens is 196 g/mol. The third-order valence-electron chi connectivity index (χ3n) is 4.39. The Morgan fingerprint density at radius 2 is 1.94 bits per heavy atom. The van der Waals surface area contributed by atoms with E-state index in [4.69, 9.17) is 0 Å². The highest BCUT2D eigenvalue weighted by Gasteiger charge is 2.24. The zero-order valence-corrected chi connectivity index (χ0v) is 11.0. The molecule has 1 saturated carbocycles. The van der Waals surface area contributed by atoms with Gasteiger partial charge in [0.25, 0.3) is 0 Å². The number of nitrogens with one attached hydrogen (secondary N) is 1. The lowest BCUT2D eigenvalue weighted by atomic mass is 9.92. The van der Waals surface area contributed by atoms with Crippen molar-refractivity contribution in [2.75, 3.05) is 19.6 Å². The zero-order chi connectivity index (χ0) is 11.4. The van der Waals surface area contributed by atoms with Crippen molar-refractivity contribution in [3.05, 3.63) is 0 Å². The summed E-state index contributed by atoms with van der Waals surface area (Å²) in [5.74, 6) is 0.901. The Kier molecular flexibility index (Phi) is 4.66. The van der Waals surface area contributed by atoms with Gasteiger partial charge in [-0.1, -0.05) is 6.92 Å². The Balaban J connectivity index is 1.53. The van der Waals surface area contributed by atoms with Crippen LogP contribution in [-0.2, 0) is 0 Å². The molecular formula is C14H28N2.